The van der Waals surface area contributed by atoms with Gasteiger partial charge in [0, 0.05) is 18.3 Å². The normalized spacial score (nSPS) is 10.7. The van der Waals surface area contributed by atoms with E-state index in [1.165, 1.54) is 0 Å². The standard InChI is InChI=1S/C21H18N6/c1-3-18-17(13-22)19(20(27(18)2)21-23-25-26-24-21)16-11-9-15(10-12-16)14-7-5-4-6-8-14/h4-12H,3H2,1-2H3,(H,23,24,25,26). The maximum atomic E-state index is 9.83. The number of hydrogen-bond acceptors (Lipinski definition) is 4. The van der Waals surface area contributed by atoms with Crippen LogP contribution in [0.15, 0.2) is 54.6 Å². The van der Waals surface area contributed by atoms with Crippen LogP contribution in [-0.4, -0.2) is 25.2 Å². The zero-order valence-corrected chi connectivity index (χ0v) is 15.1. The monoisotopic (exact) mass is 354 g/mol. The number of rotatable bonds is 4. The molecule has 2 heterocycles. The van der Waals surface area contributed by atoms with E-state index in [1.807, 2.05) is 48.9 Å². The summed E-state index contributed by atoms with van der Waals surface area (Å²) in [6.45, 7) is 2.04. The summed E-state index contributed by atoms with van der Waals surface area (Å²) in [5.41, 5.74) is 6.51. The second kappa shape index (κ2) is 6.89. The van der Waals surface area contributed by atoms with Crippen LogP contribution in [0.25, 0.3) is 33.8 Å². The van der Waals surface area contributed by atoms with Crippen LogP contribution in [0, 0.1) is 11.3 Å². The number of hydrogen-bond donors (Lipinski definition) is 1. The van der Waals surface area contributed by atoms with Gasteiger partial charge in [0.15, 0.2) is 0 Å². The molecule has 0 aliphatic carbocycles. The first-order chi connectivity index (χ1) is 13.2. The van der Waals surface area contributed by atoms with Gasteiger partial charge in [-0.15, -0.1) is 10.2 Å². The minimum absolute atomic E-state index is 0.482. The molecule has 0 atom stereocenters. The highest BCUT2D eigenvalue weighted by Gasteiger charge is 2.24. The van der Waals surface area contributed by atoms with Crippen molar-refractivity contribution in [1.29, 1.82) is 5.26 Å². The average molecular weight is 354 g/mol. The quantitative estimate of drug-likeness (QED) is 0.601. The van der Waals surface area contributed by atoms with Crippen molar-refractivity contribution in [3.8, 4) is 39.8 Å². The molecule has 0 radical (unpaired) electrons. The molecule has 2 aromatic carbocycles. The molecule has 27 heavy (non-hydrogen) atoms. The molecular weight excluding hydrogens is 336 g/mol. The molecule has 0 saturated heterocycles. The summed E-state index contributed by atoms with van der Waals surface area (Å²) in [5, 5.41) is 24.3. The number of tetrazole rings is 1. The van der Waals surface area contributed by atoms with E-state index in [0.717, 1.165) is 40.1 Å². The summed E-state index contributed by atoms with van der Waals surface area (Å²) in [4.78, 5) is 0. The van der Waals surface area contributed by atoms with E-state index in [9.17, 15) is 5.26 Å². The Balaban J connectivity index is 1.90. The largest absolute Gasteiger partial charge is 0.343 e. The molecule has 2 aromatic heterocycles. The minimum atomic E-state index is 0.482. The van der Waals surface area contributed by atoms with Gasteiger partial charge in [-0.1, -0.05) is 61.5 Å². The zero-order valence-electron chi connectivity index (χ0n) is 15.1. The van der Waals surface area contributed by atoms with E-state index in [2.05, 4.69) is 51.0 Å². The summed E-state index contributed by atoms with van der Waals surface area (Å²) in [7, 11) is 1.94. The van der Waals surface area contributed by atoms with E-state index in [4.69, 9.17) is 0 Å². The van der Waals surface area contributed by atoms with Crippen molar-refractivity contribution in [2.75, 3.05) is 0 Å². The fourth-order valence-electron chi connectivity index (χ4n) is 3.53. The van der Waals surface area contributed by atoms with Crippen molar-refractivity contribution >= 4 is 0 Å². The van der Waals surface area contributed by atoms with Crippen molar-refractivity contribution in [2.24, 2.45) is 7.05 Å². The third-order valence-electron chi connectivity index (χ3n) is 4.80. The van der Waals surface area contributed by atoms with Gasteiger partial charge in [0.1, 0.15) is 6.07 Å². The van der Waals surface area contributed by atoms with Crippen LogP contribution in [-0.2, 0) is 13.5 Å². The third-order valence-corrected chi connectivity index (χ3v) is 4.80. The fraction of sp³-hybridized carbons (Fsp3) is 0.143. The Hall–Kier alpha value is -3.72. The predicted octanol–water partition coefficient (Wildman–Crippen LogP) is 3.97. The molecular formula is C21H18N6. The van der Waals surface area contributed by atoms with E-state index in [0.29, 0.717) is 11.4 Å². The highest BCUT2D eigenvalue weighted by Crippen LogP contribution is 2.37. The maximum Gasteiger partial charge on any atom is 0.221 e. The van der Waals surface area contributed by atoms with Crippen molar-refractivity contribution in [3.05, 3.63) is 65.9 Å². The summed E-state index contributed by atoms with van der Waals surface area (Å²) < 4.78 is 1.99. The molecule has 0 bridgehead atoms. The first kappa shape index (κ1) is 16.7. The summed E-state index contributed by atoms with van der Waals surface area (Å²) in [6.07, 6.45) is 0.742. The van der Waals surface area contributed by atoms with Crippen molar-refractivity contribution in [3.63, 3.8) is 0 Å². The van der Waals surface area contributed by atoms with Gasteiger partial charge in [-0.05, 0) is 28.3 Å². The highest BCUT2D eigenvalue weighted by molar-refractivity contribution is 5.86. The lowest BCUT2D eigenvalue weighted by Crippen LogP contribution is -1.99. The second-order valence-electron chi connectivity index (χ2n) is 6.25. The van der Waals surface area contributed by atoms with Crippen molar-refractivity contribution in [2.45, 2.75) is 13.3 Å². The Labute approximate surface area is 157 Å². The van der Waals surface area contributed by atoms with E-state index in [1.54, 1.807) is 0 Å². The van der Waals surface area contributed by atoms with Crippen LogP contribution in [0.1, 0.15) is 18.2 Å². The Bertz CT molecular complexity index is 1100. The lowest BCUT2D eigenvalue weighted by atomic mass is 9.97. The summed E-state index contributed by atoms with van der Waals surface area (Å²) >= 11 is 0. The first-order valence-electron chi connectivity index (χ1n) is 8.76. The molecule has 132 valence electrons. The van der Waals surface area contributed by atoms with Gasteiger partial charge in [0.2, 0.25) is 5.82 Å². The zero-order chi connectivity index (χ0) is 18.8. The van der Waals surface area contributed by atoms with Crippen LogP contribution in [0.2, 0.25) is 0 Å². The fourth-order valence-corrected chi connectivity index (χ4v) is 3.53. The molecule has 0 unspecified atom stereocenters. The van der Waals surface area contributed by atoms with E-state index in [-0.39, 0.29) is 0 Å². The van der Waals surface area contributed by atoms with Crippen molar-refractivity contribution < 1.29 is 0 Å². The third kappa shape index (κ3) is 2.79. The van der Waals surface area contributed by atoms with Gasteiger partial charge in [-0.2, -0.15) is 10.5 Å². The Kier molecular flexibility index (Phi) is 4.27. The van der Waals surface area contributed by atoms with Gasteiger partial charge < -0.3 is 4.57 Å². The molecule has 6 heteroatoms. The number of aromatic amines is 1. The Morgan fingerprint density at radius 3 is 2.26 bits per heavy atom. The molecule has 0 fully saturated rings. The molecule has 0 aliphatic heterocycles. The van der Waals surface area contributed by atoms with Gasteiger partial charge in [-0.25, -0.2) is 0 Å². The second-order valence-corrected chi connectivity index (χ2v) is 6.25. The van der Waals surface area contributed by atoms with Crippen LogP contribution in [0.3, 0.4) is 0 Å². The average Bonchev–Trinajstić information content (AvgIpc) is 3.34. The lowest BCUT2D eigenvalue weighted by molar-refractivity contribution is 0.835. The number of nitrogens with one attached hydrogen (secondary N) is 1. The SMILES string of the molecule is CCc1c(C#N)c(-c2ccc(-c3ccccc3)cc2)c(-c2nn[nH]n2)n1C. The first-order valence-corrected chi connectivity index (χ1v) is 8.76. The number of nitrogens with zero attached hydrogens (tertiary/aromatic N) is 5. The van der Waals surface area contributed by atoms with Crippen LogP contribution < -0.4 is 0 Å². The number of H-pyrrole nitrogens is 1. The summed E-state index contributed by atoms with van der Waals surface area (Å²) in [6, 6.07) is 20.8. The molecule has 4 aromatic rings. The molecule has 0 amide bonds. The number of benzene rings is 2. The van der Waals surface area contributed by atoms with Crippen LogP contribution in [0.4, 0.5) is 0 Å². The molecule has 6 nitrogen and oxygen atoms in total. The summed E-state index contributed by atoms with van der Waals surface area (Å²) in [5.74, 6) is 0.482. The van der Waals surface area contributed by atoms with Gasteiger partial charge in [0.25, 0.3) is 0 Å². The lowest BCUT2D eigenvalue weighted by Gasteiger charge is -2.07. The van der Waals surface area contributed by atoms with E-state index < -0.39 is 0 Å². The smallest absolute Gasteiger partial charge is 0.221 e. The van der Waals surface area contributed by atoms with Gasteiger partial charge >= 0.3 is 0 Å². The number of aromatic nitrogens is 5. The number of nitriles is 1. The van der Waals surface area contributed by atoms with Crippen LogP contribution >= 0.6 is 0 Å². The molecule has 1 N–H and O–H groups in total. The van der Waals surface area contributed by atoms with Gasteiger partial charge in [-0.3, -0.25) is 0 Å². The predicted molar refractivity (Wildman–Crippen MR) is 104 cm³/mol. The molecule has 0 aliphatic rings. The highest BCUT2D eigenvalue weighted by atomic mass is 15.5. The van der Waals surface area contributed by atoms with Gasteiger partial charge in [0.05, 0.1) is 11.3 Å². The van der Waals surface area contributed by atoms with E-state index >= 15 is 0 Å². The molecule has 0 saturated carbocycles. The van der Waals surface area contributed by atoms with Crippen LogP contribution in [0.5, 0.6) is 0 Å². The Morgan fingerprint density at radius 2 is 1.67 bits per heavy atom. The maximum absolute atomic E-state index is 9.83. The molecule has 4 rings (SSSR count). The topological polar surface area (TPSA) is 83.2 Å². The van der Waals surface area contributed by atoms with Crippen molar-refractivity contribution in [1.82, 2.24) is 25.2 Å². The Morgan fingerprint density at radius 1 is 1.00 bits per heavy atom. The minimum Gasteiger partial charge on any atom is -0.343 e. The molecule has 0 spiro atoms.